The van der Waals surface area contributed by atoms with E-state index in [1.54, 1.807) is 17.1 Å². The van der Waals surface area contributed by atoms with Gasteiger partial charge < -0.3 is 10.2 Å². The minimum atomic E-state index is 0.000743. The zero-order valence-corrected chi connectivity index (χ0v) is 14.2. The molecule has 0 bridgehead atoms. The van der Waals surface area contributed by atoms with Gasteiger partial charge in [0.2, 0.25) is 0 Å². The predicted molar refractivity (Wildman–Crippen MR) is 91.7 cm³/mol. The maximum atomic E-state index is 12.4. The Bertz CT molecular complexity index is 643. The van der Waals surface area contributed by atoms with Crippen LogP contribution in [0.3, 0.4) is 0 Å². The summed E-state index contributed by atoms with van der Waals surface area (Å²) in [6.07, 6.45) is 5.34. The van der Waals surface area contributed by atoms with Gasteiger partial charge in [-0.15, -0.1) is 0 Å². The molecule has 122 valence electrons. The first kappa shape index (κ1) is 15.9. The van der Waals surface area contributed by atoms with Crippen molar-refractivity contribution in [1.29, 1.82) is 0 Å². The Morgan fingerprint density at radius 1 is 1.43 bits per heavy atom. The van der Waals surface area contributed by atoms with Crippen LogP contribution in [0.1, 0.15) is 19.4 Å². The van der Waals surface area contributed by atoms with E-state index in [9.17, 15) is 4.79 Å². The van der Waals surface area contributed by atoms with Crippen LogP contribution in [0.25, 0.3) is 5.82 Å². The molecule has 6 nitrogen and oxygen atoms in total. The molecule has 3 heterocycles. The molecule has 3 rings (SSSR count). The van der Waals surface area contributed by atoms with Gasteiger partial charge in [-0.2, -0.15) is 16.9 Å². The molecule has 0 aromatic carbocycles. The van der Waals surface area contributed by atoms with E-state index in [4.69, 9.17) is 0 Å². The highest BCUT2D eigenvalue weighted by Gasteiger charge is 2.28. The van der Waals surface area contributed by atoms with Crippen molar-refractivity contribution in [2.75, 3.05) is 12.3 Å². The molecule has 2 unspecified atom stereocenters. The van der Waals surface area contributed by atoms with Crippen molar-refractivity contribution in [2.45, 2.75) is 31.7 Å². The van der Waals surface area contributed by atoms with Crippen LogP contribution < -0.4 is 5.32 Å². The average molecular weight is 331 g/mol. The Balaban J connectivity index is 1.56. The number of hydrogen-bond acceptors (Lipinski definition) is 4. The van der Waals surface area contributed by atoms with E-state index in [2.05, 4.69) is 29.2 Å². The Hall–Kier alpha value is -2.02. The van der Waals surface area contributed by atoms with Crippen LogP contribution in [0.4, 0.5) is 4.79 Å². The number of nitrogens with one attached hydrogen (secondary N) is 1. The monoisotopic (exact) mass is 331 g/mol. The van der Waals surface area contributed by atoms with Crippen molar-refractivity contribution in [2.24, 2.45) is 0 Å². The summed E-state index contributed by atoms with van der Waals surface area (Å²) in [5, 5.41) is 7.61. The van der Waals surface area contributed by atoms with Crippen molar-refractivity contribution in [1.82, 2.24) is 25.0 Å². The number of thioether (sulfide) groups is 1. The quantitative estimate of drug-likeness (QED) is 0.937. The zero-order chi connectivity index (χ0) is 16.2. The van der Waals surface area contributed by atoms with Crippen molar-refractivity contribution in [3.8, 4) is 5.82 Å². The first-order valence-corrected chi connectivity index (χ1v) is 8.81. The lowest BCUT2D eigenvalue weighted by molar-refractivity contribution is 0.180. The van der Waals surface area contributed by atoms with Gasteiger partial charge in [-0.05, 0) is 24.6 Å². The molecule has 0 radical (unpaired) electrons. The fourth-order valence-corrected chi connectivity index (χ4v) is 3.66. The standard InChI is InChI=1S/C16H21N5OS/c1-12-13(2)23-9-8-20(12)16(22)18-11-14-4-5-15(17-10-14)21-7-3-6-19-21/h3-7,10,12-13H,8-9,11H2,1-2H3,(H,18,22). The molecule has 2 aromatic heterocycles. The number of urea groups is 1. The van der Waals surface area contributed by atoms with E-state index >= 15 is 0 Å². The summed E-state index contributed by atoms with van der Waals surface area (Å²) in [6.45, 7) is 5.57. The van der Waals surface area contributed by atoms with Gasteiger partial charge in [0.1, 0.15) is 0 Å². The maximum absolute atomic E-state index is 12.4. The molecule has 23 heavy (non-hydrogen) atoms. The lowest BCUT2D eigenvalue weighted by Crippen LogP contribution is -2.51. The van der Waals surface area contributed by atoms with Crippen LogP contribution in [0.15, 0.2) is 36.8 Å². The summed E-state index contributed by atoms with van der Waals surface area (Å²) in [6, 6.07) is 5.98. The van der Waals surface area contributed by atoms with Crippen molar-refractivity contribution in [3.63, 3.8) is 0 Å². The second-order valence-electron chi connectivity index (χ2n) is 5.64. The summed E-state index contributed by atoms with van der Waals surface area (Å²) in [7, 11) is 0. The number of carbonyl (C=O) groups excluding carboxylic acids is 1. The van der Waals surface area contributed by atoms with Crippen molar-refractivity contribution < 1.29 is 4.79 Å². The molecule has 0 spiro atoms. The van der Waals surface area contributed by atoms with E-state index in [1.807, 2.05) is 41.1 Å². The number of hydrogen-bond donors (Lipinski definition) is 1. The number of rotatable bonds is 3. The Morgan fingerprint density at radius 2 is 2.30 bits per heavy atom. The maximum Gasteiger partial charge on any atom is 0.317 e. The second kappa shape index (κ2) is 7.04. The van der Waals surface area contributed by atoms with Gasteiger partial charge in [-0.1, -0.05) is 13.0 Å². The fourth-order valence-electron chi connectivity index (χ4n) is 2.56. The second-order valence-corrected chi connectivity index (χ2v) is 7.13. The molecule has 2 atom stereocenters. The topological polar surface area (TPSA) is 63.1 Å². The highest BCUT2D eigenvalue weighted by Crippen LogP contribution is 2.24. The smallest absolute Gasteiger partial charge is 0.317 e. The van der Waals surface area contributed by atoms with Gasteiger partial charge in [-0.3, -0.25) is 0 Å². The summed E-state index contributed by atoms with van der Waals surface area (Å²) in [5.41, 5.74) is 0.973. The number of amides is 2. The number of nitrogens with zero attached hydrogens (tertiary/aromatic N) is 4. The van der Waals surface area contributed by atoms with Crippen LogP contribution in [0, 0.1) is 0 Å². The normalized spacial score (nSPS) is 21.2. The minimum absolute atomic E-state index is 0.000743. The molecule has 1 aliphatic heterocycles. The highest BCUT2D eigenvalue weighted by atomic mass is 32.2. The highest BCUT2D eigenvalue weighted by molar-refractivity contribution is 8.00. The van der Waals surface area contributed by atoms with Crippen LogP contribution in [-0.2, 0) is 6.54 Å². The largest absolute Gasteiger partial charge is 0.334 e. The van der Waals surface area contributed by atoms with Gasteiger partial charge in [0.25, 0.3) is 0 Å². The molecular weight excluding hydrogens is 310 g/mol. The SMILES string of the molecule is CC1SCCN(C(=O)NCc2ccc(-n3cccn3)nc2)C1C. The summed E-state index contributed by atoms with van der Waals surface area (Å²) in [5.74, 6) is 1.76. The van der Waals surface area contributed by atoms with Gasteiger partial charge in [-0.25, -0.2) is 14.5 Å². The first-order chi connectivity index (χ1) is 11.1. The van der Waals surface area contributed by atoms with Crippen LogP contribution in [-0.4, -0.2) is 49.3 Å². The molecule has 2 aromatic rings. The number of carbonyl (C=O) groups is 1. The predicted octanol–water partition coefficient (Wildman–Crippen LogP) is 2.30. The van der Waals surface area contributed by atoms with Crippen LogP contribution in [0.2, 0.25) is 0 Å². The summed E-state index contributed by atoms with van der Waals surface area (Å²) < 4.78 is 1.71. The van der Waals surface area contributed by atoms with E-state index in [0.717, 1.165) is 23.7 Å². The van der Waals surface area contributed by atoms with Gasteiger partial charge >= 0.3 is 6.03 Å². The van der Waals surface area contributed by atoms with E-state index < -0.39 is 0 Å². The lowest BCUT2D eigenvalue weighted by Gasteiger charge is -2.37. The van der Waals surface area contributed by atoms with E-state index in [1.165, 1.54) is 0 Å². The van der Waals surface area contributed by atoms with E-state index in [0.29, 0.717) is 11.8 Å². The third-order valence-corrected chi connectivity index (χ3v) is 5.47. The molecule has 1 aliphatic rings. The summed E-state index contributed by atoms with van der Waals surface area (Å²) in [4.78, 5) is 18.6. The van der Waals surface area contributed by atoms with Crippen molar-refractivity contribution in [3.05, 3.63) is 42.4 Å². The van der Waals surface area contributed by atoms with Gasteiger partial charge in [0.05, 0.1) is 0 Å². The van der Waals surface area contributed by atoms with Gasteiger partial charge in [0, 0.05) is 48.7 Å². The number of aromatic nitrogens is 3. The van der Waals surface area contributed by atoms with Crippen LogP contribution >= 0.6 is 11.8 Å². The van der Waals surface area contributed by atoms with Crippen LogP contribution in [0.5, 0.6) is 0 Å². The zero-order valence-electron chi connectivity index (χ0n) is 13.3. The minimum Gasteiger partial charge on any atom is -0.334 e. The fraction of sp³-hybridized carbons (Fsp3) is 0.438. The molecule has 0 saturated carbocycles. The third-order valence-electron chi connectivity index (χ3n) is 4.14. The molecular formula is C16H21N5OS. The van der Waals surface area contributed by atoms with Crippen molar-refractivity contribution >= 4 is 17.8 Å². The first-order valence-electron chi connectivity index (χ1n) is 7.76. The summed E-state index contributed by atoms with van der Waals surface area (Å²) >= 11 is 1.92. The molecule has 2 amide bonds. The molecule has 1 N–H and O–H groups in total. The number of pyridine rings is 1. The Kier molecular flexibility index (Phi) is 4.85. The molecule has 1 fully saturated rings. The average Bonchev–Trinajstić information content (AvgIpc) is 3.10. The Labute approximate surface area is 140 Å². The molecule has 7 heteroatoms. The third kappa shape index (κ3) is 3.67. The molecule has 1 saturated heterocycles. The molecule has 0 aliphatic carbocycles. The lowest BCUT2D eigenvalue weighted by atomic mass is 10.2. The Morgan fingerprint density at radius 3 is 3.00 bits per heavy atom. The van der Waals surface area contributed by atoms with E-state index in [-0.39, 0.29) is 12.1 Å². The van der Waals surface area contributed by atoms with Gasteiger partial charge in [0.15, 0.2) is 5.82 Å².